The van der Waals surface area contributed by atoms with E-state index in [2.05, 4.69) is 146 Å². The van der Waals surface area contributed by atoms with E-state index in [4.69, 9.17) is 0 Å². The van der Waals surface area contributed by atoms with E-state index in [1.807, 2.05) is 12.1 Å². The molecule has 2 unspecified atom stereocenters. The highest BCUT2D eigenvalue weighted by Crippen LogP contribution is 2.69. The number of fused-ring (bicyclic) bond motifs is 21. The molecular formula is C46H24N2. The van der Waals surface area contributed by atoms with E-state index in [0.717, 1.165) is 0 Å². The summed E-state index contributed by atoms with van der Waals surface area (Å²) in [6.07, 6.45) is 0. The summed E-state index contributed by atoms with van der Waals surface area (Å²) in [5.74, 6) is 0. The van der Waals surface area contributed by atoms with Gasteiger partial charge in [0, 0.05) is 0 Å². The van der Waals surface area contributed by atoms with Crippen LogP contribution in [0.5, 0.6) is 0 Å². The van der Waals surface area contributed by atoms with Crippen molar-refractivity contribution in [1.82, 2.24) is 0 Å². The number of hydrogen-bond donors (Lipinski definition) is 0. The molecule has 0 N–H and O–H groups in total. The van der Waals surface area contributed by atoms with E-state index < -0.39 is 10.8 Å². The third kappa shape index (κ3) is 2.66. The van der Waals surface area contributed by atoms with Crippen LogP contribution in [-0.4, -0.2) is 0 Å². The molecule has 0 bridgehead atoms. The van der Waals surface area contributed by atoms with Crippen molar-refractivity contribution in [3.8, 4) is 56.6 Å². The molecule has 218 valence electrons. The first-order chi connectivity index (χ1) is 23.7. The van der Waals surface area contributed by atoms with Crippen molar-refractivity contribution in [3.05, 3.63) is 201 Å². The molecule has 4 aliphatic carbocycles. The third-order valence-electron chi connectivity index (χ3n) is 11.6. The Labute approximate surface area is 278 Å². The molecule has 7 aromatic rings. The van der Waals surface area contributed by atoms with Gasteiger partial charge < -0.3 is 0 Å². The van der Waals surface area contributed by atoms with Gasteiger partial charge in [-0.2, -0.15) is 10.5 Å². The highest BCUT2D eigenvalue weighted by molar-refractivity contribution is 6.06. The van der Waals surface area contributed by atoms with Gasteiger partial charge in [0.15, 0.2) is 0 Å². The van der Waals surface area contributed by atoms with E-state index in [9.17, 15) is 10.5 Å². The SMILES string of the molecule is N#Cc1ccc2c(c1)C1(c3ccccc3-2)c2ccccc2-c2c1ccc1c2-c2ccccc2C12c1ccccc1-c1ccc(C#N)cc12. The zero-order valence-electron chi connectivity index (χ0n) is 25.8. The molecule has 4 aliphatic rings. The molecule has 0 saturated heterocycles. The van der Waals surface area contributed by atoms with E-state index in [1.165, 1.54) is 89.0 Å². The van der Waals surface area contributed by atoms with Gasteiger partial charge in [0.2, 0.25) is 0 Å². The standard InChI is InChI=1S/C46H24N2/c47-25-27-17-19-31-29-9-1-5-13-35(29)45(41(31)23-27)37-15-7-3-11-33(37)43-39(45)21-22-40-44(43)34-12-4-8-16-38(34)46(40)36-14-6-2-10-30(36)32-20-18-28(26-48)24-42(32)46/h1-24H. The number of nitriles is 2. The molecule has 2 atom stereocenters. The van der Waals surface area contributed by atoms with E-state index in [0.29, 0.717) is 11.1 Å². The van der Waals surface area contributed by atoms with Gasteiger partial charge in [-0.3, -0.25) is 0 Å². The molecule has 0 heterocycles. The quantitative estimate of drug-likeness (QED) is 0.173. The maximum atomic E-state index is 10.1. The van der Waals surface area contributed by atoms with Gasteiger partial charge in [0.1, 0.15) is 0 Å². The average molecular weight is 605 g/mol. The molecule has 0 fully saturated rings. The fraction of sp³-hybridized carbons (Fsp3) is 0.0435. The van der Waals surface area contributed by atoms with Gasteiger partial charge in [0.25, 0.3) is 0 Å². The zero-order valence-corrected chi connectivity index (χ0v) is 25.8. The first-order valence-corrected chi connectivity index (χ1v) is 16.4. The summed E-state index contributed by atoms with van der Waals surface area (Å²) >= 11 is 0. The summed E-state index contributed by atoms with van der Waals surface area (Å²) in [7, 11) is 0. The molecule has 0 aliphatic heterocycles. The van der Waals surface area contributed by atoms with Crippen LogP contribution in [0, 0.1) is 22.7 Å². The second-order valence-electron chi connectivity index (χ2n) is 13.3. The van der Waals surface area contributed by atoms with Crippen molar-refractivity contribution in [2.75, 3.05) is 0 Å². The summed E-state index contributed by atoms with van der Waals surface area (Å²) in [5.41, 5.74) is 19.9. The van der Waals surface area contributed by atoms with Crippen LogP contribution in [0.25, 0.3) is 44.5 Å². The Morgan fingerprint density at radius 3 is 1.04 bits per heavy atom. The summed E-state index contributed by atoms with van der Waals surface area (Å²) in [6, 6.07) is 57.4. The van der Waals surface area contributed by atoms with Crippen molar-refractivity contribution in [2.24, 2.45) is 0 Å². The van der Waals surface area contributed by atoms with Gasteiger partial charge >= 0.3 is 0 Å². The smallest absolute Gasteiger partial charge is 0.0991 e. The lowest BCUT2D eigenvalue weighted by atomic mass is 9.68. The van der Waals surface area contributed by atoms with Crippen LogP contribution in [0.3, 0.4) is 0 Å². The second-order valence-corrected chi connectivity index (χ2v) is 13.3. The van der Waals surface area contributed by atoms with Crippen LogP contribution in [0.4, 0.5) is 0 Å². The Kier molecular flexibility index (Phi) is 4.63. The van der Waals surface area contributed by atoms with E-state index in [1.54, 1.807) is 0 Å². The topological polar surface area (TPSA) is 47.6 Å². The van der Waals surface area contributed by atoms with Crippen LogP contribution in [-0.2, 0) is 10.8 Å². The van der Waals surface area contributed by atoms with Crippen LogP contribution in [0.15, 0.2) is 146 Å². The molecule has 11 rings (SSSR count). The summed E-state index contributed by atoms with van der Waals surface area (Å²) in [4.78, 5) is 0. The molecular weight excluding hydrogens is 581 g/mol. The number of benzene rings is 7. The summed E-state index contributed by atoms with van der Waals surface area (Å²) in [6.45, 7) is 0. The predicted molar refractivity (Wildman–Crippen MR) is 188 cm³/mol. The molecule has 2 heteroatoms. The number of nitrogens with zero attached hydrogens (tertiary/aromatic N) is 2. The first kappa shape index (κ1) is 25.7. The highest BCUT2D eigenvalue weighted by atomic mass is 14.6. The van der Waals surface area contributed by atoms with Crippen molar-refractivity contribution in [2.45, 2.75) is 10.8 Å². The Morgan fingerprint density at radius 1 is 0.312 bits per heavy atom. The molecule has 0 aromatic heterocycles. The number of rotatable bonds is 0. The second kappa shape index (κ2) is 8.65. The van der Waals surface area contributed by atoms with Gasteiger partial charge in [-0.15, -0.1) is 0 Å². The molecule has 0 amide bonds. The maximum Gasteiger partial charge on any atom is 0.0991 e. The van der Waals surface area contributed by atoms with Crippen molar-refractivity contribution >= 4 is 0 Å². The van der Waals surface area contributed by atoms with Gasteiger partial charge in [-0.05, 0) is 113 Å². The lowest BCUT2D eigenvalue weighted by Gasteiger charge is -2.32. The van der Waals surface area contributed by atoms with Gasteiger partial charge in [-0.1, -0.05) is 121 Å². The van der Waals surface area contributed by atoms with Crippen LogP contribution < -0.4 is 0 Å². The lowest BCUT2D eigenvalue weighted by molar-refractivity contribution is 0.781. The van der Waals surface area contributed by atoms with Crippen LogP contribution in [0.2, 0.25) is 0 Å². The number of hydrogen-bond acceptors (Lipinski definition) is 2. The summed E-state index contributed by atoms with van der Waals surface area (Å²) < 4.78 is 0. The minimum absolute atomic E-state index is 0.552. The molecule has 2 nitrogen and oxygen atoms in total. The Hall–Kier alpha value is -6.48. The van der Waals surface area contributed by atoms with Crippen molar-refractivity contribution in [1.29, 1.82) is 10.5 Å². The average Bonchev–Trinajstić information content (AvgIpc) is 3.83. The predicted octanol–water partition coefficient (Wildman–Crippen LogP) is 10.1. The van der Waals surface area contributed by atoms with E-state index >= 15 is 0 Å². The molecule has 48 heavy (non-hydrogen) atoms. The van der Waals surface area contributed by atoms with Crippen LogP contribution >= 0.6 is 0 Å². The van der Waals surface area contributed by atoms with Gasteiger partial charge in [0.05, 0.1) is 34.1 Å². The minimum atomic E-state index is -0.552. The maximum absolute atomic E-state index is 10.1. The Bertz CT molecular complexity index is 2530. The Morgan fingerprint density at radius 2 is 0.646 bits per heavy atom. The lowest BCUT2D eigenvalue weighted by Crippen LogP contribution is -2.27. The van der Waals surface area contributed by atoms with Gasteiger partial charge in [-0.25, -0.2) is 0 Å². The minimum Gasteiger partial charge on any atom is -0.192 e. The normalized spacial score (nSPS) is 19.0. The van der Waals surface area contributed by atoms with E-state index in [-0.39, 0.29) is 0 Å². The monoisotopic (exact) mass is 604 g/mol. The Balaban J connectivity index is 1.33. The molecule has 2 spiro atoms. The first-order valence-electron chi connectivity index (χ1n) is 16.4. The summed E-state index contributed by atoms with van der Waals surface area (Å²) in [5, 5.41) is 20.2. The molecule has 7 aromatic carbocycles. The zero-order chi connectivity index (χ0) is 31.8. The fourth-order valence-corrected chi connectivity index (χ4v) is 9.99. The van der Waals surface area contributed by atoms with Crippen molar-refractivity contribution < 1.29 is 0 Å². The molecule has 0 saturated carbocycles. The largest absolute Gasteiger partial charge is 0.192 e. The highest BCUT2D eigenvalue weighted by Gasteiger charge is 2.57. The fourth-order valence-electron chi connectivity index (χ4n) is 9.99. The van der Waals surface area contributed by atoms with Crippen molar-refractivity contribution in [3.63, 3.8) is 0 Å². The van der Waals surface area contributed by atoms with Crippen LogP contribution in [0.1, 0.15) is 55.6 Å². The third-order valence-corrected chi connectivity index (χ3v) is 11.6. The molecule has 0 radical (unpaired) electrons.